The highest BCUT2D eigenvalue weighted by Crippen LogP contribution is 2.30. The van der Waals surface area contributed by atoms with Gasteiger partial charge in [-0.25, -0.2) is 0 Å². The van der Waals surface area contributed by atoms with Crippen molar-refractivity contribution in [3.05, 3.63) is 60.7 Å². The van der Waals surface area contributed by atoms with Gasteiger partial charge in [0.25, 0.3) is 0 Å². The topological polar surface area (TPSA) is 79.2 Å². The van der Waals surface area contributed by atoms with Crippen molar-refractivity contribution in [1.82, 2.24) is 14.3 Å². The highest BCUT2D eigenvalue weighted by atomic mass is 16.5. The molecule has 3 heterocycles. The summed E-state index contributed by atoms with van der Waals surface area (Å²) < 4.78 is 9.44. The quantitative estimate of drug-likeness (QED) is 0.776. The maximum atomic E-state index is 10.4. The molecule has 2 aromatic heterocycles. The van der Waals surface area contributed by atoms with Crippen LogP contribution in [0.15, 0.2) is 55.1 Å². The minimum Gasteiger partial charge on any atom is -0.482 e. The molecular formula is C19H19N5O2. The van der Waals surface area contributed by atoms with Gasteiger partial charge in [0.15, 0.2) is 5.75 Å². The Kier molecular flexibility index (Phi) is 4.11. The van der Waals surface area contributed by atoms with E-state index in [1.54, 1.807) is 17.1 Å². The molecule has 0 bridgehead atoms. The Hall–Kier alpha value is -3.24. The molecular weight excluding hydrogens is 330 g/mol. The maximum absolute atomic E-state index is 10.4. The lowest BCUT2D eigenvalue weighted by Gasteiger charge is -2.21. The number of aromatic nitrogens is 3. The highest BCUT2D eigenvalue weighted by molar-refractivity contribution is 5.68. The van der Waals surface area contributed by atoms with Gasteiger partial charge in [0.2, 0.25) is 0 Å². The molecule has 1 fully saturated rings. The first kappa shape index (κ1) is 16.2. The van der Waals surface area contributed by atoms with Crippen LogP contribution in [0.2, 0.25) is 0 Å². The lowest BCUT2D eigenvalue weighted by Crippen LogP contribution is -2.29. The summed E-state index contributed by atoms with van der Waals surface area (Å²) in [6.07, 6.45) is 6.20. The molecule has 0 saturated carbocycles. The number of hydrogen-bond donors (Lipinski definition) is 1. The molecule has 132 valence electrons. The first-order valence-corrected chi connectivity index (χ1v) is 8.40. The molecule has 1 aliphatic heterocycles. The highest BCUT2D eigenvalue weighted by Gasteiger charge is 2.34. The third-order valence-electron chi connectivity index (χ3n) is 4.56. The second-order valence-electron chi connectivity index (χ2n) is 6.35. The van der Waals surface area contributed by atoms with Crippen LogP contribution in [0.5, 0.6) is 5.75 Å². The third kappa shape index (κ3) is 2.91. The van der Waals surface area contributed by atoms with Gasteiger partial charge in [-0.2, -0.15) is 10.4 Å². The van der Waals surface area contributed by atoms with Crippen LogP contribution in [0.1, 0.15) is 5.56 Å². The fourth-order valence-corrected chi connectivity index (χ4v) is 3.32. The summed E-state index contributed by atoms with van der Waals surface area (Å²) in [5.74, 6) is 0.625. The van der Waals surface area contributed by atoms with Crippen LogP contribution in [0.3, 0.4) is 0 Å². The van der Waals surface area contributed by atoms with Crippen molar-refractivity contribution in [2.75, 3.05) is 18.0 Å². The number of nitrogens with zero attached hydrogens (tertiary/aromatic N) is 5. The van der Waals surface area contributed by atoms with Crippen molar-refractivity contribution in [2.24, 2.45) is 7.05 Å². The van der Waals surface area contributed by atoms with Crippen molar-refractivity contribution in [3.8, 4) is 17.5 Å². The zero-order valence-electron chi connectivity index (χ0n) is 14.4. The second kappa shape index (κ2) is 6.58. The second-order valence-corrected chi connectivity index (χ2v) is 6.35. The molecule has 0 radical (unpaired) electrons. The third-order valence-corrected chi connectivity index (χ3v) is 4.56. The standard InChI is InChI=1S/C19H19N5O2/c1-22-11-14(10-21-22)26-19-13-24(12-18(19)25)17-6-4-5-16(15(17)9-20)23-7-2-3-8-23/h2-8,10-11,18-19,25H,12-13H2,1H3/t18-,19-/m1/s1. The molecule has 1 N–H and O–H groups in total. The minimum atomic E-state index is -0.642. The van der Waals surface area contributed by atoms with E-state index in [9.17, 15) is 10.4 Å². The normalized spacial score (nSPS) is 19.5. The van der Waals surface area contributed by atoms with E-state index in [0.29, 0.717) is 24.4 Å². The van der Waals surface area contributed by atoms with Gasteiger partial charge < -0.3 is 19.3 Å². The maximum Gasteiger partial charge on any atom is 0.157 e. The van der Waals surface area contributed by atoms with Crippen molar-refractivity contribution in [1.29, 1.82) is 5.26 Å². The Morgan fingerprint density at radius 1 is 1.19 bits per heavy atom. The van der Waals surface area contributed by atoms with Gasteiger partial charge in [-0.3, -0.25) is 4.68 Å². The summed E-state index contributed by atoms with van der Waals surface area (Å²) in [5, 5.41) is 24.2. The van der Waals surface area contributed by atoms with Crippen molar-refractivity contribution in [3.63, 3.8) is 0 Å². The van der Waals surface area contributed by atoms with Gasteiger partial charge in [0, 0.05) is 26.0 Å². The summed E-state index contributed by atoms with van der Waals surface area (Å²) in [4.78, 5) is 2.00. The van der Waals surface area contributed by atoms with Gasteiger partial charge in [-0.05, 0) is 24.3 Å². The molecule has 1 aromatic carbocycles. The number of benzene rings is 1. The fraction of sp³-hybridized carbons (Fsp3) is 0.263. The Bertz CT molecular complexity index is 941. The number of nitriles is 1. The van der Waals surface area contributed by atoms with Gasteiger partial charge in [0.1, 0.15) is 18.3 Å². The number of β-amino-alcohol motifs (C(OH)–C–C–N with tert-alkyl or cyclic N) is 1. The van der Waals surface area contributed by atoms with E-state index in [1.807, 2.05) is 59.2 Å². The van der Waals surface area contributed by atoms with E-state index in [1.165, 1.54) is 0 Å². The van der Waals surface area contributed by atoms with E-state index < -0.39 is 6.10 Å². The summed E-state index contributed by atoms with van der Waals surface area (Å²) in [7, 11) is 1.82. The van der Waals surface area contributed by atoms with Crippen LogP contribution in [0.4, 0.5) is 5.69 Å². The summed E-state index contributed by atoms with van der Waals surface area (Å²) >= 11 is 0. The Morgan fingerprint density at radius 2 is 1.96 bits per heavy atom. The average molecular weight is 349 g/mol. The van der Waals surface area contributed by atoms with Crippen LogP contribution in [0.25, 0.3) is 5.69 Å². The van der Waals surface area contributed by atoms with E-state index in [4.69, 9.17) is 4.74 Å². The largest absolute Gasteiger partial charge is 0.482 e. The Morgan fingerprint density at radius 3 is 2.65 bits per heavy atom. The van der Waals surface area contributed by atoms with Crippen LogP contribution in [0, 0.1) is 11.3 Å². The van der Waals surface area contributed by atoms with Crippen LogP contribution in [-0.2, 0) is 7.05 Å². The summed E-state index contributed by atoms with van der Waals surface area (Å²) in [5.41, 5.74) is 2.20. The molecule has 7 nitrogen and oxygen atoms in total. The van der Waals surface area contributed by atoms with Crippen LogP contribution in [-0.4, -0.2) is 44.8 Å². The molecule has 1 saturated heterocycles. The lowest BCUT2D eigenvalue weighted by molar-refractivity contribution is 0.0737. The van der Waals surface area contributed by atoms with E-state index >= 15 is 0 Å². The van der Waals surface area contributed by atoms with Crippen molar-refractivity contribution < 1.29 is 9.84 Å². The molecule has 3 aromatic rings. The number of aryl methyl sites for hydroxylation is 1. The van der Waals surface area contributed by atoms with Crippen molar-refractivity contribution >= 4 is 5.69 Å². The molecule has 7 heteroatoms. The number of aliphatic hydroxyl groups is 1. The monoisotopic (exact) mass is 349 g/mol. The van der Waals surface area contributed by atoms with E-state index in [-0.39, 0.29) is 6.10 Å². The average Bonchev–Trinajstić information content (AvgIpc) is 3.37. The lowest BCUT2D eigenvalue weighted by atomic mass is 10.1. The number of anilines is 1. The Labute approximate surface area is 151 Å². The molecule has 2 atom stereocenters. The zero-order valence-corrected chi connectivity index (χ0v) is 14.4. The first-order chi connectivity index (χ1) is 12.7. The van der Waals surface area contributed by atoms with Gasteiger partial charge >= 0.3 is 0 Å². The number of aliphatic hydroxyl groups excluding tert-OH is 1. The van der Waals surface area contributed by atoms with Crippen molar-refractivity contribution in [2.45, 2.75) is 12.2 Å². The first-order valence-electron chi connectivity index (χ1n) is 8.40. The molecule has 1 aliphatic rings. The predicted molar refractivity (Wildman–Crippen MR) is 96.3 cm³/mol. The molecule has 0 spiro atoms. The number of rotatable bonds is 4. The summed E-state index contributed by atoms with van der Waals surface area (Å²) in [6.45, 7) is 0.911. The summed E-state index contributed by atoms with van der Waals surface area (Å²) in [6, 6.07) is 11.9. The van der Waals surface area contributed by atoms with Gasteiger partial charge in [-0.1, -0.05) is 6.07 Å². The van der Waals surface area contributed by atoms with Gasteiger partial charge in [-0.15, -0.1) is 0 Å². The Balaban J connectivity index is 1.60. The number of ether oxygens (including phenoxy) is 1. The molecule has 4 rings (SSSR count). The van der Waals surface area contributed by atoms with Crippen LogP contribution >= 0.6 is 0 Å². The number of hydrogen-bond acceptors (Lipinski definition) is 5. The fourth-order valence-electron chi connectivity index (χ4n) is 3.32. The molecule has 0 unspecified atom stereocenters. The molecule has 26 heavy (non-hydrogen) atoms. The van der Waals surface area contributed by atoms with E-state index in [2.05, 4.69) is 11.2 Å². The molecule has 0 amide bonds. The molecule has 0 aliphatic carbocycles. The van der Waals surface area contributed by atoms with Crippen LogP contribution < -0.4 is 9.64 Å². The minimum absolute atomic E-state index is 0.374. The van der Waals surface area contributed by atoms with E-state index in [0.717, 1.165) is 11.4 Å². The predicted octanol–water partition coefficient (Wildman–Crippen LogP) is 1.71. The SMILES string of the molecule is Cn1cc(O[C@@H]2CN(c3cccc(-n4cccc4)c3C#N)C[C@H]2O)cn1. The zero-order chi connectivity index (χ0) is 18.1. The smallest absolute Gasteiger partial charge is 0.157 e. The van der Waals surface area contributed by atoms with Gasteiger partial charge in [0.05, 0.1) is 35.9 Å².